The first-order chi connectivity index (χ1) is 11.2. The summed E-state index contributed by atoms with van der Waals surface area (Å²) in [6.45, 7) is 0. The number of hydrogen-bond donors (Lipinski definition) is 0. The summed E-state index contributed by atoms with van der Waals surface area (Å²) in [5, 5.41) is 0. The van der Waals surface area contributed by atoms with Crippen LogP contribution in [0.15, 0.2) is 77.3 Å². The maximum atomic E-state index is 5.27. The monoisotopic (exact) mass is 479 g/mol. The van der Waals surface area contributed by atoms with Gasteiger partial charge in [-0.1, -0.05) is 15.9 Å². The Bertz CT molecular complexity index is 724. The van der Waals surface area contributed by atoms with Crippen LogP contribution in [0.2, 0.25) is 0 Å². The average Bonchev–Trinajstić information content (AvgIpc) is 2.59. The minimum absolute atomic E-state index is 0.854. The highest BCUT2D eigenvalue weighted by Gasteiger charge is 2.12. The number of rotatable bonds is 4. The maximum Gasteiger partial charge on any atom is 0.119 e. The Morgan fingerprint density at radius 1 is 0.739 bits per heavy atom. The van der Waals surface area contributed by atoms with E-state index in [1.54, 1.807) is 7.11 Å². The van der Waals surface area contributed by atoms with E-state index in [9.17, 15) is 0 Å². The molecule has 0 aromatic heterocycles. The van der Waals surface area contributed by atoms with Crippen LogP contribution < -0.4 is 9.64 Å². The topological polar surface area (TPSA) is 12.5 Å². The van der Waals surface area contributed by atoms with Crippen LogP contribution >= 0.6 is 38.5 Å². The van der Waals surface area contributed by atoms with Gasteiger partial charge in [-0.15, -0.1) is 0 Å². The van der Waals surface area contributed by atoms with Gasteiger partial charge in [0.2, 0.25) is 0 Å². The summed E-state index contributed by atoms with van der Waals surface area (Å²) in [5.74, 6) is 0.854. The van der Waals surface area contributed by atoms with Gasteiger partial charge in [-0.2, -0.15) is 0 Å². The Hall–Kier alpha value is -1.53. The van der Waals surface area contributed by atoms with Gasteiger partial charge in [0.1, 0.15) is 5.75 Å². The molecular weight excluding hydrogens is 465 g/mol. The number of methoxy groups -OCH3 is 1. The summed E-state index contributed by atoms with van der Waals surface area (Å²) in [6.07, 6.45) is 0. The van der Waals surface area contributed by atoms with Gasteiger partial charge in [0, 0.05) is 25.1 Å². The zero-order valence-electron chi connectivity index (χ0n) is 12.5. The zero-order valence-corrected chi connectivity index (χ0v) is 16.3. The molecule has 0 unspecified atom stereocenters. The van der Waals surface area contributed by atoms with Crippen molar-refractivity contribution in [1.29, 1.82) is 0 Å². The molecule has 4 heteroatoms. The van der Waals surface area contributed by atoms with Crippen molar-refractivity contribution in [2.45, 2.75) is 0 Å². The highest BCUT2D eigenvalue weighted by atomic mass is 127. The lowest BCUT2D eigenvalue weighted by molar-refractivity contribution is 0.415. The van der Waals surface area contributed by atoms with Crippen molar-refractivity contribution in [1.82, 2.24) is 0 Å². The molecule has 0 saturated carbocycles. The van der Waals surface area contributed by atoms with E-state index in [2.05, 4.69) is 104 Å². The zero-order chi connectivity index (χ0) is 16.2. The predicted molar refractivity (Wildman–Crippen MR) is 108 cm³/mol. The molecule has 23 heavy (non-hydrogen) atoms. The Morgan fingerprint density at radius 2 is 1.17 bits per heavy atom. The molecule has 3 aromatic rings. The fourth-order valence-electron chi connectivity index (χ4n) is 2.36. The second kappa shape index (κ2) is 7.36. The summed E-state index contributed by atoms with van der Waals surface area (Å²) < 4.78 is 7.55. The second-order valence-electron chi connectivity index (χ2n) is 4.99. The molecule has 0 aliphatic rings. The van der Waals surface area contributed by atoms with Crippen molar-refractivity contribution in [2.24, 2.45) is 0 Å². The number of halogens is 2. The third-order valence-electron chi connectivity index (χ3n) is 3.50. The van der Waals surface area contributed by atoms with E-state index in [0.717, 1.165) is 27.3 Å². The lowest BCUT2D eigenvalue weighted by atomic mass is 10.2. The normalized spacial score (nSPS) is 10.4. The quantitative estimate of drug-likeness (QED) is 0.394. The van der Waals surface area contributed by atoms with Gasteiger partial charge < -0.3 is 9.64 Å². The fraction of sp³-hybridized carbons (Fsp3) is 0.0526. The second-order valence-corrected chi connectivity index (χ2v) is 7.15. The predicted octanol–water partition coefficient (Wildman–Crippen LogP) is 6.53. The third kappa shape index (κ3) is 3.87. The number of hydrogen-bond acceptors (Lipinski definition) is 2. The van der Waals surface area contributed by atoms with Crippen LogP contribution in [0.3, 0.4) is 0 Å². The van der Waals surface area contributed by atoms with E-state index in [0.29, 0.717) is 0 Å². The molecule has 3 rings (SSSR count). The molecule has 0 fully saturated rings. The van der Waals surface area contributed by atoms with E-state index < -0.39 is 0 Å². The average molecular weight is 480 g/mol. The molecule has 0 amide bonds. The molecule has 0 N–H and O–H groups in total. The first-order valence-corrected chi connectivity index (χ1v) is 9.00. The van der Waals surface area contributed by atoms with Gasteiger partial charge in [0.25, 0.3) is 0 Å². The SMILES string of the molecule is COc1ccc(N(c2ccc(Br)cc2)c2ccc(I)cc2)cc1. The van der Waals surface area contributed by atoms with Crippen molar-refractivity contribution >= 4 is 55.6 Å². The first-order valence-electron chi connectivity index (χ1n) is 7.13. The first kappa shape index (κ1) is 16.3. The molecule has 3 aromatic carbocycles. The van der Waals surface area contributed by atoms with Gasteiger partial charge in [0.05, 0.1) is 7.11 Å². The number of nitrogens with zero attached hydrogens (tertiary/aromatic N) is 1. The maximum absolute atomic E-state index is 5.27. The smallest absolute Gasteiger partial charge is 0.119 e. The largest absolute Gasteiger partial charge is 0.497 e. The number of ether oxygens (including phenoxy) is 1. The van der Waals surface area contributed by atoms with Crippen molar-refractivity contribution < 1.29 is 4.74 Å². The highest BCUT2D eigenvalue weighted by molar-refractivity contribution is 14.1. The van der Waals surface area contributed by atoms with Gasteiger partial charge in [-0.05, 0) is 95.4 Å². The molecular formula is C19H15BrINO. The number of anilines is 3. The Morgan fingerprint density at radius 3 is 1.65 bits per heavy atom. The lowest BCUT2D eigenvalue weighted by Gasteiger charge is -2.25. The molecule has 0 saturated heterocycles. The van der Waals surface area contributed by atoms with Crippen molar-refractivity contribution in [3.8, 4) is 5.75 Å². The van der Waals surface area contributed by atoms with E-state index in [-0.39, 0.29) is 0 Å². The molecule has 0 aliphatic carbocycles. The van der Waals surface area contributed by atoms with Crippen LogP contribution in [0.1, 0.15) is 0 Å². The van der Waals surface area contributed by atoms with E-state index in [4.69, 9.17) is 4.74 Å². The van der Waals surface area contributed by atoms with E-state index in [1.165, 1.54) is 3.57 Å². The minimum Gasteiger partial charge on any atom is -0.497 e. The van der Waals surface area contributed by atoms with Crippen LogP contribution in [0.4, 0.5) is 17.1 Å². The Balaban J connectivity index is 2.08. The summed E-state index contributed by atoms with van der Waals surface area (Å²) >= 11 is 5.82. The Labute approximate surface area is 158 Å². The summed E-state index contributed by atoms with van der Waals surface area (Å²) in [6, 6.07) is 24.9. The molecule has 0 radical (unpaired) electrons. The van der Waals surface area contributed by atoms with Crippen LogP contribution in [0.5, 0.6) is 5.75 Å². The Kier molecular flexibility index (Phi) is 5.23. The molecule has 0 aliphatic heterocycles. The molecule has 0 atom stereocenters. The van der Waals surface area contributed by atoms with Crippen LogP contribution in [-0.4, -0.2) is 7.11 Å². The van der Waals surface area contributed by atoms with E-state index >= 15 is 0 Å². The number of benzene rings is 3. The standard InChI is InChI=1S/C19H15BrINO/c1-23-19-12-10-18(11-13-19)22(16-6-2-14(20)3-7-16)17-8-4-15(21)5-9-17/h2-13H,1H3. The van der Waals surface area contributed by atoms with Crippen molar-refractivity contribution in [3.63, 3.8) is 0 Å². The minimum atomic E-state index is 0.854. The fourth-order valence-corrected chi connectivity index (χ4v) is 2.98. The van der Waals surface area contributed by atoms with Crippen LogP contribution in [0.25, 0.3) is 0 Å². The molecule has 0 bridgehead atoms. The lowest BCUT2D eigenvalue weighted by Crippen LogP contribution is -2.09. The van der Waals surface area contributed by atoms with Crippen LogP contribution in [0, 0.1) is 3.57 Å². The van der Waals surface area contributed by atoms with E-state index in [1.807, 2.05) is 12.1 Å². The summed E-state index contributed by atoms with van der Waals surface area (Å²) in [4.78, 5) is 2.22. The van der Waals surface area contributed by atoms with Gasteiger partial charge in [-0.25, -0.2) is 0 Å². The van der Waals surface area contributed by atoms with Crippen LogP contribution in [-0.2, 0) is 0 Å². The van der Waals surface area contributed by atoms with Crippen molar-refractivity contribution in [3.05, 3.63) is 80.8 Å². The molecule has 0 spiro atoms. The highest BCUT2D eigenvalue weighted by Crippen LogP contribution is 2.35. The van der Waals surface area contributed by atoms with Gasteiger partial charge in [-0.3, -0.25) is 0 Å². The van der Waals surface area contributed by atoms with Gasteiger partial charge >= 0.3 is 0 Å². The summed E-state index contributed by atoms with van der Waals surface area (Å²) in [5.41, 5.74) is 3.33. The molecule has 116 valence electrons. The molecule has 0 heterocycles. The van der Waals surface area contributed by atoms with Crippen molar-refractivity contribution in [2.75, 3.05) is 12.0 Å². The van der Waals surface area contributed by atoms with Gasteiger partial charge in [0.15, 0.2) is 0 Å². The third-order valence-corrected chi connectivity index (χ3v) is 4.75. The molecule has 2 nitrogen and oxygen atoms in total. The summed E-state index contributed by atoms with van der Waals surface area (Å²) in [7, 11) is 1.68.